The van der Waals surface area contributed by atoms with E-state index >= 15 is 0 Å². The third-order valence-corrected chi connectivity index (χ3v) is 1.84. The molecule has 0 aliphatic heterocycles. The zero-order valence-corrected chi connectivity index (χ0v) is 8.99. The van der Waals surface area contributed by atoms with Gasteiger partial charge in [0, 0.05) is 0 Å². The number of carboxylic acids is 1. The van der Waals surface area contributed by atoms with Gasteiger partial charge in [0.25, 0.3) is 5.91 Å². The van der Waals surface area contributed by atoms with Crippen LogP contribution in [0.5, 0.6) is 0 Å². The zero-order valence-electron chi connectivity index (χ0n) is 8.99. The quantitative estimate of drug-likeness (QED) is 0.178. The fraction of sp³-hybridized carbons (Fsp3) is 0. The second-order valence-corrected chi connectivity index (χ2v) is 2.96. The summed E-state index contributed by atoms with van der Waals surface area (Å²) in [5.41, 5.74) is 1.09. The molecule has 0 saturated heterocycles. The molecule has 1 aromatic carbocycles. The van der Waals surface area contributed by atoms with Crippen molar-refractivity contribution in [3.8, 4) is 0 Å². The number of hydrogen-bond acceptors (Lipinski definition) is 5. The van der Waals surface area contributed by atoms with Gasteiger partial charge in [-0.3, -0.25) is 10.2 Å². The average molecular weight is 246 g/mol. The highest BCUT2D eigenvalue weighted by molar-refractivity contribution is 6.01. The van der Waals surface area contributed by atoms with Crippen LogP contribution in [0, 0.1) is 0 Å². The first-order chi connectivity index (χ1) is 8.60. The molecule has 0 bridgehead atoms. The lowest BCUT2D eigenvalue weighted by Crippen LogP contribution is -2.30. The van der Waals surface area contributed by atoms with Crippen LogP contribution in [0.1, 0.15) is 10.4 Å². The summed E-state index contributed by atoms with van der Waals surface area (Å²) in [4.78, 5) is 21.9. The molecule has 0 saturated carbocycles. The molecule has 8 heteroatoms. The van der Waals surface area contributed by atoms with Crippen molar-refractivity contribution in [3.05, 3.63) is 40.9 Å². The molecule has 0 aliphatic carbocycles. The summed E-state index contributed by atoms with van der Waals surface area (Å²) in [6.07, 6.45) is 0. The highest BCUT2D eigenvalue weighted by Gasteiger charge is 2.09. The number of hydrazine groups is 1. The fourth-order valence-corrected chi connectivity index (χ4v) is 1.03. The van der Waals surface area contributed by atoms with E-state index in [4.69, 9.17) is 16.4 Å². The molecule has 0 aliphatic rings. The maximum Gasteiger partial charge on any atom is 0.337 e. The Morgan fingerprint density at radius 1 is 1.39 bits per heavy atom. The number of nitrogens with two attached hydrogens (primary N) is 1. The number of amides is 1. The molecule has 1 aromatic rings. The van der Waals surface area contributed by atoms with Crippen LogP contribution in [0.25, 0.3) is 5.41 Å². The molecular weight excluding hydrogens is 238 g/mol. The third-order valence-electron chi connectivity index (χ3n) is 1.84. The minimum atomic E-state index is -1.19. The monoisotopic (exact) mass is 246 g/mol. The molecule has 0 unspecified atom stereocenters. The van der Waals surface area contributed by atoms with Crippen LogP contribution in [-0.4, -0.2) is 22.9 Å². The Bertz CT molecular complexity index is 560. The molecule has 0 radical (unpaired) electrons. The lowest BCUT2D eigenvalue weighted by Gasteiger charge is -2.00. The maximum atomic E-state index is 11.0. The van der Waals surface area contributed by atoms with Crippen molar-refractivity contribution < 1.29 is 14.7 Å². The predicted octanol–water partition coefficient (Wildman–Crippen LogP) is 0.581. The van der Waals surface area contributed by atoms with Crippen LogP contribution in [0.2, 0.25) is 0 Å². The number of rotatable bonds is 4. The largest absolute Gasteiger partial charge is 0.761 e. The highest BCUT2D eigenvalue weighted by Crippen LogP contribution is 2.19. The fourth-order valence-electron chi connectivity index (χ4n) is 1.03. The number of benzene rings is 1. The topological polar surface area (TPSA) is 139 Å². The van der Waals surface area contributed by atoms with E-state index in [1.165, 1.54) is 24.1 Å². The van der Waals surface area contributed by atoms with Gasteiger partial charge < -0.3 is 10.5 Å². The van der Waals surface area contributed by atoms with Crippen molar-refractivity contribution >= 4 is 23.4 Å². The summed E-state index contributed by atoms with van der Waals surface area (Å²) < 4.78 is 0. The van der Waals surface area contributed by atoms with Gasteiger partial charge in [-0.05, 0) is 12.1 Å². The standard InChI is InChI=1S/C10H8N5O3/c11-5-8(9(16)13-12)15-14-7-4-2-1-3-6(7)10(17)18/h1-4H,12H2,(H,13,16)(H,17,18)/q-1. The maximum absolute atomic E-state index is 11.0. The lowest BCUT2D eigenvalue weighted by molar-refractivity contribution is -0.117. The number of aromatic carboxylic acids is 1. The number of carbonyl (C=O) groups is 2. The lowest BCUT2D eigenvalue weighted by atomic mass is 10.2. The molecule has 0 spiro atoms. The minimum Gasteiger partial charge on any atom is -0.761 e. The van der Waals surface area contributed by atoms with Gasteiger partial charge in [-0.2, -0.15) is 0 Å². The summed E-state index contributed by atoms with van der Waals surface area (Å²) in [5, 5.41) is 24.4. The Morgan fingerprint density at radius 3 is 2.61 bits per heavy atom. The van der Waals surface area contributed by atoms with Gasteiger partial charge in [0.1, 0.15) is 5.69 Å². The molecule has 8 nitrogen and oxygen atoms in total. The number of nitrogens with zero attached hydrogens (tertiary/aromatic N) is 3. The van der Waals surface area contributed by atoms with Crippen molar-refractivity contribution in [2.24, 2.45) is 16.1 Å². The molecule has 1 amide bonds. The van der Waals surface area contributed by atoms with Crippen LogP contribution in [0.15, 0.2) is 40.2 Å². The van der Waals surface area contributed by atoms with Crippen LogP contribution >= 0.6 is 0 Å². The zero-order chi connectivity index (χ0) is 13.5. The smallest absolute Gasteiger partial charge is 0.337 e. The van der Waals surface area contributed by atoms with Crippen molar-refractivity contribution in [2.45, 2.75) is 0 Å². The summed E-state index contributed by atoms with van der Waals surface area (Å²) >= 11 is 0. The molecule has 1 rings (SSSR count). The van der Waals surface area contributed by atoms with Gasteiger partial charge in [-0.15, -0.1) is 10.2 Å². The van der Waals surface area contributed by atoms with E-state index < -0.39 is 17.6 Å². The van der Waals surface area contributed by atoms with Crippen molar-refractivity contribution in [1.82, 2.24) is 5.43 Å². The number of hydrogen-bond donors (Lipinski definition) is 3. The molecule has 0 atom stereocenters. The van der Waals surface area contributed by atoms with E-state index in [-0.39, 0.29) is 11.3 Å². The normalized spacial score (nSPS) is 9.83. The average Bonchev–Trinajstić information content (AvgIpc) is 2.39. The summed E-state index contributed by atoms with van der Waals surface area (Å²) in [5.74, 6) is 4.22. The van der Waals surface area contributed by atoms with E-state index in [1.807, 2.05) is 0 Å². The van der Waals surface area contributed by atoms with Gasteiger partial charge in [0.15, 0.2) is 5.70 Å². The van der Waals surface area contributed by atoms with Crippen molar-refractivity contribution in [2.75, 3.05) is 0 Å². The molecule has 92 valence electrons. The van der Waals surface area contributed by atoms with Crippen LogP contribution < -0.4 is 11.3 Å². The first-order valence-corrected chi connectivity index (χ1v) is 4.62. The summed E-state index contributed by atoms with van der Waals surface area (Å²) in [7, 11) is 0. The van der Waals surface area contributed by atoms with E-state index in [0.717, 1.165) is 0 Å². The van der Waals surface area contributed by atoms with E-state index in [1.54, 1.807) is 11.5 Å². The summed E-state index contributed by atoms with van der Waals surface area (Å²) in [6.45, 7) is 0. The van der Waals surface area contributed by atoms with Crippen LogP contribution in [0.3, 0.4) is 0 Å². The van der Waals surface area contributed by atoms with Gasteiger partial charge in [0.2, 0.25) is 0 Å². The van der Waals surface area contributed by atoms with Gasteiger partial charge in [0.05, 0.1) is 5.56 Å². The Morgan fingerprint density at radius 2 is 2.06 bits per heavy atom. The van der Waals surface area contributed by atoms with Gasteiger partial charge in [-0.1, -0.05) is 12.1 Å². The van der Waals surface area contributed by atoms with E-state index in [2.05, 4.69) is 10.2 Å². The SMILES string of the molecule is [N-]=C=C(N=Nc1ccccc1C(=O)O)C(=O)NN. The Kier molecular flexibility index (Phi) is 4.44. The molecule has 0 aromatic heterocycles. The molecule has 0 fully saturated rings. The third kappa shape index (κ3) is 3.08. The molecule has 4 N–H and O–H groups in total. The predicted molar refractivity (Wildman–Crippen MR) is 62.1 cm³/mol. The van der Waals surface area contributed by atoms with Gasteiger partial charge >= 0.3 is 5.97 Å². The molecule has 18 heavy (non-hydrogen) atoms. The number of nitrogens with one attached hydrogen (secondary N) is 1. The number of carbonyl (C=O) groups excluding carboxylic acids is 1. The minimum absolute atomic E-state index is 0.0302. The second-order valence-electron chi connectivity index (χ2n) is 2.96. The number of azo groups is 1. The Labute approximate surface area is 101 Å². The first-order valence-electron chi connectivity index (χ1n) is 4.62. The second kappa shape index (κ2) is 6.04. The van der Waals surface area contributed by atoms with Crippen LogP contribution in [-0.2, 0) is 4.79 Å². The van der Waals surface area contributed by atoms with E-state index in [0.29, 0.717) is 0 Å². The van der Waals surface area contributed by atoms with Gasteiger partial charge in [-0.25, -0.2) is 16.5 Å². The van der Waals surface area contributed by atoms with Crippen LogP contribution in [0.4, 0.5) is 5.69 Å². The van der Waals surface area contributed by atoms with E-state index in [9.17, 15) is 9.59 Å². The first kappa shape index (κ1) is 13.2. The Hall–Kier alpha value is -2.83. The Balaban J connectivity index is 3.08. The summed E-state index contributed by atoms with van der Waals surface area (Å²) in [6, 6.07) is 5.79. The number of carboxylic acid groups (broad SMARTS) is 1. The van der Waals surface area contributed by atoms with Crippen molar-refractivity contribution in [3.63, 3.8) is 0 Å². The molecule has 0 heterocycles. The van der Waals surface area contributed by atoms with Crippen molar-refractivity contribution in [1.29, 1.82) is 0 Å². The molecular formula is C10H8N5O3-. The highest BCUT2D eigenvalue weighted by atomic mass is 16.4.